The van der Waals surface area contributed by atoms with Crippen LogP contribution in [-0.2, 0) is 0 Å². The van der Waals surface area contributed by atoms with Gasteiger partial charge in [-0.1, -0.05) is 23.2 Å². The van der Waals surface area contributed by atoms with E-state index in [-0.39, 0.29) is 5.69 Å². The lowest BCUT2D eigenvalue weighted by Gasteiger charge is -2.07. The first-order chi connectivity index (χ1) is 7.50. The van der Waals surface area contributed by atoms with Crippen LogP contribution in [0.25, 0.3) is 10.9 Å². The third-order valence-electron chi connectivity index (χ3n) is 2.31. The van der Waals surface area contributed by atoms with Crippen LogP contribution in [0.5, 0.6) is 0 Å². The van der Waals surface area contributed by atoms with Crippen molar-refractivity contribution in [2.45, 2.75) is 6.92 Å². The number of carbonyl (C=O) groups excluding carboxylic acids is 1. The zero-order chi connectivity index (χ0) is 11.9. The molecule has 0 saturated carbocycles. The molecule has 1 amide bonds. The molecule has 0 fully saturated rings. The van der Waals surface area contributed by atoms with Crippen molar-refractivity contribution in [1.29, 1.82) is 0 Å². The lowest BCUT2D eigenvalue weighted by atomic mass is 10.1. The fraction of sp³-hybridized carbons (Fsp3) is 0.0909. The molecule has 0 bridgehead atoms. The first-order valence-electron chi connectivity index (χ1n) is 4.56. The van der Waals surface area contributed by atoms with Crippen molar-refractivity contribution in [3.8, 4) is 0 Å². The number of benzene rings is 1. The third kappa shape index (κ3) is 1.72. The fourth-order valence-corrected chi connectivity index (χ4v) is 2.08. The standard InChI is InChI=1S/C11H8Cl2N2O/c1-5-4-8(11(14)16)15-10-7(13)3-2-6(12)9(5)10/h2-4H,1H3,(H2,14,16). The highest BCUT2D eigenvalue weighted by molar-refractivity contribution is 6.40. The SMILES string of the molecule is Cc1cc(C(N)=O)nc2c(Cl)ccc(Cl)c12. The van der Waals surface area contributed by atoms with E-state index < -0.39 is 5.91 Å². The number of primary amides is 1. The topological polar surface area (TPSA) is 56.0 Å². The maximum Gasteiger partial charge on any atom is 0.267 e. The highest BCUT2D eigenvalue weighted by Gasteiger charge is 2.11. The van der Waals surface area contributed by atoms with Gasteiger partial charge in [0.2, 0.25) is 0 Å². The van der Waals surface area contributed by atoms with Crippen molar-refractivity contribution >= 4 is 40.0 Å². The quantitative estimate of drug-likeness (QED) is 0.851. The lowest BCUT2D eigenvalue weighted by Crippen LogP contribution is -2.13. The van der Waals surface area contributed by atoms with E-state index in [1.54, 1.807) is 18.2 Å². The Morgan fingerprint density at radius 2 is 1.94 bits per heavy atom. The number of rotatable bonds is 1. The molecular weight excluding hydrogens is 247 g/mol. The highest BCUT2D eigenvalue weighted by Crippen LogP contribution is 2.31. The molecule has 3 nitrogen and oxygen atoms in total. The Bertz CT molecular complexity index is 596. The predicted octanol–water partition coefficient (Wildman–Crippen LogP) is 2.95. The highest BCUT2D eigenvalue weighted by atomic mass is 35.5. The van der Waals surface area contributed by atoms with E-state index in [1.165, 1.54) is 0 Å². The van der Waals surface area contributed by atoms with Gasteiger partial charge in [-0.15, -0.1) is 0 Å². The van der Waals surface area contributed by atoms with Crippen LogP contribution in [0.15, 0.2) is 18.2 Å². The molecule has 82 valence electrons. The fourth-order valence-electron chi connectivity index (χ4n) is 1.58. The van der Waals surface area contributed by atoms with E-state index in [4.69, 9.17) is 28.9 Å². The van der Waals surface area contributed by atoms with Gasteiger partial charge >= 0.3 is 0 Å². The second kappa shape index (κ2) is 3.92. The molecular formula is C11H8Cl2N2O. The molecule has 1 heterocycles. The number of nitrogens with zero attached hydrogens (tertiary/aromatic N) is 1. The minimum atomic E-state index is -0.582. The average Bonchev–Trinajstić information content (AvgIpc) is 2.22. The molecule has 0 spiro atoms. The molecule has 2 N–H and O–H groups in total. The second-order valence-electron chi connectivity index (χ2n) is 3.44. The van der Waals surface area contributed by atoms with Gasteiger partial charge in [-0.3, -0.25) is 4.79 Å². The van der Waals surface area contributed by atoms with Crippen LogP contribution >= 0.6 is 23.2 Å². The Balaban J connectivity index is 2.92. The Labute approximate surface area is 102 Å². The van der Waals surface area contributed by atoms with Crippen LogP contribution in [-0.4, -0.2) is 10.9 Å². The normalized spacial score (nSPS) is 10.7. The van der Waals surface area contributed by atoms with Gasteiger partial charge in [0.15, 0.2) is 0 Å². The maximum absolute atomic E-state index is 11.1. The van der Waals surface area contributed by atoms with Crippen molar-refractivity contribution in [3.63, 3.8) is 0 Å². The molecule has 1 aromatic heterocycles. The predicted molar refractivity (Wildman–Crippen MR) is 65.0 cm³/mol. The van der Waals surface area contributed by atoms with Crippen LogP contribution < -0.4 is 5.73 Å². The Hall–Kier alpha value is -1.32. The van der Waals surface area contributed by atoms with Gasteiger partial charge in [0.05, 0.1) is 15.6 Å². The van der Waals surface area contributed by atoms with Crippen molar-refractivity contribution < 1.29 is 4.79 Å². The Kier molecular flexibility index (Phi) is 2.74. The van der Waals surface area contributed by atoms with E-state index in [0.717, 1.165) is 10.9 Å². The molecule has 1 aromatic carbocycles. The molecule has 0 radical (unpaired) electrons. The average molecular weight is 255 g/mol. The zero-order valence-corrected chi connectivity index (χ0v) is 9.93. The number of nitrogens with two attached hydrogens (primary N) is 1. The van der Waals surface area contributed by atoms with Crippen molar-refractivity contribution in [2.24, 2.45) is 5.73 Å². The van der Waals surface area contributed by atoms with Crippen LogP contribution in [0.1, 0.15) is 16.1 Å². The van der Waals surface area contributed by atoms with Gasteiger partial charge in [-0.25, -0.2) is 4.98 Å². The van der Waals surface area contributed by atoms with E-state index in [0.29, 0.717) is 15.6 Å². The molecule has 16 heavy (non-hydrogen) atoms. The summed E-state index contributed by atoms with van der Waals surface area (Å²) in [5.74, 6) is -0.582. The van der Waals surface area contributed by atoms with Gasteiger partial charge < -0.3 is 5.73 Å². The summed E-state index contributed by atoms with van der Waals surface area (Å²) in [5, 5.41) is 1.75. The van der Waals surface area contributed by atoms with Crippen molar-refractivity contribution in [2.75, 3.05) is 0 Å². The van der Waals surface area contributed by atoms with Gasteiger partial charge in [0.1, 0.15) is 5.69 Å². The number of aryl methyl sites for hydroxylation is 1. The van der Waals surface area contributed by atoms with E-state index in [1.807, 2.05) is 6.92 Å². The molecule has 0 saturated heterocycles. The first-order valence-corrected chi connectivity index (χ1v) is 5.31. The lowest BCUT2D eigenvalue weighted by molar-refractivity contribution is 0.0996. The van der Waals surface area contributed by atoms with Crippen LogP contribution in [0.2, 0.25) is 10.0 Å². The smallest absolute Gasteiger partial charge is 0.267 e. The maximum atomic E-state index is 11.1. The summed E-state index contributed by atoms with van der Waals surface area (Å²) in [6.45, 7) is 1.83. The number of hydrogen-bond acceptors (Lipinski definition) is 2. The van der Waals surface area contributed by atoms with Crippen LogP contribution in [0.4, 0.5) is 0 Å². The summed E-state index contributed by atoms with van der Waals surface area (Å²) in [6, 6.07) is 4.95. The van der Waals surface area contributed by atoms with E-state index >= 15 is 0 Å². The zero-order valence-electron chi connectivity index (χ0n) is 8.42. The summed E-state index contributed by atoms with van der Waals surface area (Å²) >= 11 is 12.1. The first kappa shape index (κ1) is 11.2. The Morgan fingerprint density at radius 1 is 1.31 bits per heavy atom. The minimum Gasteiger partial charge on any atom is -0.364 e. The van der Waals surface area contributed by atoms with Crippen LogP contribution in [0.3, 0.4) is 0 Å². The second-order valence-corrected chi connectivity index (χ2v) is 4.26. The van der Waals surface area contributed by atoms with Crippen molar-refractivity contribution in [3.05, 3.63) is 39.5 Å². The largest absolute Gasteiger partial charge is 0.364 e. The van der Waals surface area contributed by atoms with Crippen molar-refractivity contribution in [1.82, 2.24) is 4.98 Å². The number of aromatic nitrogens is 1. The number of fused-ring (bicyclic) bond motifs is 1. The molecule has 2 rings (SSSR count). The summed E-state index contributed by atoms with van der Waals surface area (Å²) < 4.78 is 0. The number of carbonyl (C=O) groups is 1. The van der Waals surface area contributed by atoms with E-state index in [9.17, 15) is 4.79 Å². The van der Waals surface area contributed by atoms with Gasteiger partial charge in [0, 0.05) is 5.39 Å². The van der Waals surface area contributed by atoms with Gasteiger partial charge in [-0.05, 0) is 30.7 Å². The molecule has 5 heteroatoms. The molecule has 0 unspecified atom stereocenters. The monoisotopic (exact) mass is 254 g/mol. The molecule has 0 aliphatic heterocycles. The molecule has 0 aliphatic carbocycles. The number of hydrogen-bond donors (Lipinski definition) is 1. The summed E-state index contributed by atoms with van der Waals surface area (Å²) in [6.07, 6.45) is 0. The summed E-state index contributed by atoms with van der Waals surface area (Å²) in [4.78, 5) is 15.2. The van der Waals surface area contributed by atoms with Gasteiger partial charge in [-0.2, -0.15) is 0 Å². The number of halogens is 2. The van der Waals surface area contributed by atoms with Gasteiger partial charge in [0.25, 0.3) is 5.91 Å². The number of amides is 1. The van der Waals surface area contributed by atoms with E-state index in [2.05, 4.69) is 4.98 Å². The molecule has 0 aliphatic rings. The number of pyridine rings is 1. The summed E-state index contributed by atoms with van der Waals surface area (Å²) in [5.41, 5.74) is 6.70. The third-order valence-corrected chi connectivity index (χ3v) is 2.93. The molecule has 0 atom stereocenters. The minimum absolute atomic E-state index is 0.189. The molecule has 2 aromatic rings. The summed E-state index contributed by atoms with van der Waals surface area (Å²) in [7, 11) is 0. The van der Waals surface area contributed by atoms with Crippen LogP contribution in [0, 0.1) is 6.92 Å². The Morgan fingerprint density at radius 3 is 2.56 bits per heavy atom.